The molecular weight excluding hydrogens is 374 g/mol. The Hall–Kier alpha value is -3.88. The molecule has 0 unspecified atom stereocenters. The summed E-state index contributed by atoms with van der Waals surface area (Å²) in [4.78, 5) is 40.0. The zero-order valence-electron chi connectivity index (χ0n) is 15.7. The number of aromatic carboxylic acids is 1. The van der Waals surface area contributed by atoms with E-state index in [0.29, 0.717) is 30.6 Å². The number of benzene rings is 2. The number of aliphatic imine (C=N–C) groups is 1. The largest absolute Gasteiger partial charge is 0.478 e. The van der Waals surface area contributed by atoms with E-state index >= 15 is 0 Å². The van der Waals surface area contributed by atoms with Crippen LogP contribution < -0.4 is 22.1 Å². The molecule has 0 aliphatic carbocycles. The predicted octanol–water partition coefficient (Wildman–Crippen LogP) is 1.18. The van der Waals surface area contributed by atoms with E-state index in [0.717, 1.165) is 0 Å². The van der Waals surface area contributed by atoms with Gasteiger partial charge in [-0.1, -0.05) is 18.2 Å². The number of anilines is 1. The molecule has 9 nitrogen and oxygen atoms in total. The average molecular weight is 397 g/mol. The monoisotopic (exact) mass is 397 g/mol. The van der Waals surface area contributed by atoms with Gasteiger partial charge in [0.2, 0.25) is 5.91 Å². The number of hydrogen-bond donors (Lipinski definition) is 5. The Bertz CT molecular complexity index is 878. The van der Waals surface area contributed by atoms with Crippen molar-refractivity contribution in [2.75, 3.05) is 11.9 Å². The van der Waals surface area contributed by atoms with Crippen molar-refractivity contribution >= 4 is 29.4 Å². The Labute approximate surface area is 167 Å². The molecule has 0 spiro atoms. The molecule has 7 N–H and O–H groups in total. The molecule has 0 heterocycles. The topological polar surface area (TPSA) is 160 Å². The Morgan fingerprint density at radius 1 is 0.966 bits per heavy atom. The van der Waals surface area contributed by atoms with E-state index in [4.69, 9.17) is 16.6 Å². The number of amides is 2. The van der Waals surface area contributed by atoms with E-state index < -0.39 is 17.9 Å². The van der Waals surface area contributed by atoms with Gasteiger partial charge in [0.25, 0.3) is 5.91 Å². The molecule has 1 atom stereocenters. The van der Waals surface area contributed by atoms with Crippen LogP contribution in [0.1, 0.15) is 33.6 Å². The van der Waals surface area contributed by atoms with Gasteiger partial charge in [-0.15, -0.1) is 0 Å². The Morgan fingerprint density at radius 3 is 2.21 bits per heavy atom. The number of carbonyl (C=O) groups excluding carboxylic acids is 2. The first-order valence-corrected chi connectivity index (χ1v) is 8.92. The molecule has 0 saturated heterocycles. The third kappa shape index (κ3) is 6.98. The van der Waals surface area contributed by atoms with E-state index in [9.17, 15) is 14.4 Å². The maximum atomic E-state index is 12.7. The van der Waals surface area contributed by atoms with Gasteiger partial charge in [-0.25, -0.2) is 4.79 Å². The Morgan fingerprint density at radius 2 is 1.62 bits per heavy atom. The van der Waals surface area contributed by atoms with Crippen molar-refractivity contribution in [2.45, 2.75) is 18.9 Å². The third-order valence-electron chi connectivity index (χ3n) is 4.00. The summed E-state index contributed by atoms with van der Waals surface area (Å²) in [6.07, 6.45) is 0.789. The summed E-state index contributed by atoms with van der Waals surface area (Å²) in [7, 11) is 0. The van der Waals surface area contributed by atoms with Crippen LogP contribution in [0.5, 0.6) is 0 Å². The molecule has 2 amide bonds. The lowest BCUT2D eigenvalue weighted by molar-refractivity contribution is -0.118. The number of carbonyl (C=O) groups is 3. The van der Waals surface area contributed by atoms with Crippen LogP contribution in [0.25, 0.3) is 0 Å². The van der Waals surface area contributed by atoms with Gasteiger partial charge in [0.1, 0.15) is 6.04 Å². The van der Waals surface area contributed by atoms with Crippen molar-refractivity contribution in [3.8, 4) is 0 Å². The summed E-state index contributed by atoms with van der Waals surface area (Å²) in [6, 6.07) is 13.5. The summed E-state index contributed by atoms with van der Waals surface area (Å²) in [5, 5.41) is 14.3. The van der Waals surface area contributed by atoms with E-state index in [-0.39, 0.29) is 17.4 Å². The van der Waals surface area contributed by atoms with Crippen LogP contribution in [0.4, 0.5) is 5.69 Å². The second kappa shape index (κ2) is 10.5. The van der Waals surface area contributed by atoms with Gasteiger partial charge < -0.3 is 27.2 Å². The fraction of sp³-hybridized carbons (Fsp3) is 0.200. The van der Waals surface area contributed by atoms with Crippen molar-refractivity contribution in [2.24, 2.45) is 16.5 Å². The molecule has 9 heteroatoms. The van der Waals surface area contributed by atoms with Gasteiger partial charge in [-0.05, 0) is 49.2 Å². The number of hydrogen-bond acceptors (Lipinski definition) is 4. The molecule has 2 aromatic rings. The lowest BCUT2D eigenvalue weighted by Gasteiger charge is -2.18. The van der Waals surface area contributed by atoms with Crippen LogP contribution >= 0.6 is 0 Å². The number of carboxylic acid groups (broad SMARTS) is 1. The highest BCUT2D eigenvalue weighted by atomic mass is 16.4. The second-order valence-corrected chi connectivity index (χ2v) is 6.21. The smallest absolute Gasteiger partial charge is 0.335 e. The van der Waals surface area contributed by atoms with Crippen LogP contribution in [0.3, 0.4) is 0 Å². The Kier molecular flexibility index (Phi) is 7.72. The van der Waals surface area contributed by atoms with Gasteiger partial charge in [0, 0.05) is 17.8 Å². The molecular formula is C20H23N5O4. The van der Waals surface area contributed by atoms with E-state index in [1.165, 1.54) is 24.3 Å². The summed E-state index contributed by atoms with van der Waals surface area (Å²) in [6.45, 7) is 0.320. The van der Waals surface area contributed by atoms with Gasteiger partial charge in [0.15, 0.2) is 5.96 Å². The second-order valence-electron chi connectivity index (χ2n) is 6.21. The molecule has 0 aliphatic heterocycles. The van der Waals surface area contributed by atoms with Crippen LogP contribution in [0.15, 0.2) is 59.6 Å². The number of carboxylic acids is 1. The van der Waals surface area contributed by atoms with Crippen molar-refractivity contribution in [1.29, 1.82) is 0 Å². The molecule has 2 aromatic carbocycles. The highest BCUT2D eigenvalue weighted by molar-refractivity contribution is 6.01. The molecule has 0 saturated carbocycles. The van der Waals surface area contributed by atoms with E-state index in [1.807, 2.05) is 0 Å². The lowest BCUT2D eigenvalue weighted by Crippen LogP contribution is -2.44. The lowest BCUT2D eigenvalue weighted by atomic mass is 10.1. The molecule has 0 aromatic heterocycles. The highest BCUT2D eigenvalue weighted by Crippen LogP contribution is 2.12. The van der Waals surface area contributed by atoms with Gasteiger partial charge in [-0.3, -0.25) is 14.6 Å². The molecule has 0 fully saturated rings. The maximum absolute atomic E-state index is 12.7. The molecule has 2 rings (SSSR count). The first-order chi connectivity index (χ1) is 13.9. The molecule has 152 valence electrons. The standard InChI is InChI=1S/C20H23N5O4/c21-20(22)23-12-4-7-16(25-17(26)13-5-2-1-3-6-13)18(27)24-15-10-8-14(9-11-15)19(28)29/h1-3,5-6,8-11,16H,4,7,12H2,(H,24,27)(H,25,26)(H,28,29)(H4,21,22,23)/t16-/m1/s1. The van der Waals surface area contributed by atoms with Crippen molar-refractivity contribution in [3.63, 3.8) is 0 Å². The normalized spacial score (nSPS) is 11.2. The fourth-order valence-electron chi connectivity index (χ4n) is 2.53. The number of nitrogens with zero attached hydrogens (tertiary/aromatic N) is 1. The maximum Gasteiger partial charge on any atom is 0.335 e. The van der Waals surface area contributed by atoms with Crippen molar-refractivity contribution in [3.05, 3.63) is 65.7 Å². The highest BCUT2D eigenvalue weighted by Gasteiger charge is 2.21. The quantitative estimate of drug-likeness (QED) is 0.243. The molecule has 29 heavy (non-hydrogen) atoms. The van der Waals surface area contributed by atoms with Crippen molar-refractivity contribution < 1.29 is 19.5 Å². The van der Waals surface area contributed by atoms with E-state index in [1.54, 1.807) is 30.3 Å². The SMILES string of the molecule is NC(N)=NCCC[C@@H](NC(=O)c1ccccc1)C(=O)Nc1ccc(C(=O)O)cc1. The fourth-order valence-corrected chi connectivity index (χ4v) is 2.53. The van der Waals surface area contributed by atoms with Gasteiger partial charge in [-0.2, -0.15) is 0 Å². The Balaban J connectivity index is 2.07. The van der Waals surface area contributed by atoms with Crippen LogP contribution in [0, 0.1) is 0 Å². The number of nitrogens with two attached hydrogens (primary N) is 2. The molecule has 0 aliphatic rings. The molecule has 0 radical (unpaired) electrons. The zero-order chi connectivity index (χ0) is 21.2. The summed E-state index contributed by atoms with van der Waals surface area (Å²) >= 11 is 0. The van der Waals surface area contributed by atoms with Crippen LogP contribution in [-0.2, 0) is 4.79 Å². The minimum absolute atomic E-state index is 0.0437. The molecule has 0 bridgehead atoms. The van der Waals surface area contributed by atoms with Crippen LogP contribution in [0.2, 0.25) is 0 Å². The number of rotatable bonds is 9. The zero-order valence-corrected chi connectivity index (χ0v) is 15.7. The summed E-state index contributed by atoms with van der Waals surface area (Å²) in [5.74, 6) is -1.91. The minimum Gasteiger partial charge on any atom is -0.478 e. The van der Waals surface area contributed by atoms with Crippen molar-refractivity contribution in [1.82, 2.24) is 5.32 Å². The third-order valence-corrected chi connectivity index (χ3v) is 4.00. The van der Waals surface area contributed by atoms with Gasteiger partial charge in [0.05, 0.1) is 5.56 Å². The van der Waals surface area contributed by atoms with Gasteiger partial charge >= 0.3 is 5.97 Å². The van der Waals surface area contributed by atoms with Crippen LogP contribution in [-0.4, -0.2) is 41.4 Å². The summed E-state index contributed by atoms with van der Waals surface area (Å²) < 4.78 is 0. The number of nitrogens with one attached hydrogen (secondary N) is 2. The predicted molar refractivity (Wildman–Crippen MR) is 110 cm³/mol. The first kappa shape index (κ1) is 21.4. The number of guanidine groups is 1. The minimum atomic E-state index is -1.06. The summed E-state index contributed by atoms with van der Waals surface area (Å²) in [5.41, 5.74) is 11.6. The van der Waals surface area contributed by atoms with E-state index in [2.05, 4.69) is 15.6 Å². The average Bonchev–Trinajstić information content (AvgIpc) is 2.71. The first-order valence-electron chi connectivity index (χ1n) is 8.92.